The first kappa shape index (κ1) is 19.9. The first-order valence-electron chi connectivity index (χ1n) is 8.73. The van der Waals surface area contributed by atoms with Crippen LogP contribution in [-0.4, -0.2) is 63.8 Å². The van der Waals surface area contributed by atoms with E-state index in [2.05, 4.69) is 24.1 Å². The quantitative estimate of drug-likeness (QED) is 0.830. The van der Waals surface area contributed by atoms with Gasteiger partial charge in [0.25, 0.3) is 5.91 Å². The molecule has 0 radical (unpaired) electrons. The molecule has 1 N–H and O–H groups in total. The van der Waals surface area contributed by atoms with Crippen molar-refractivity contribution in [3.8, 4) is 0 Å². The van der Waals surface area contributed by atoms with Gasteiger partial charge in [0.1, 0.15) is 0 Å². The van der Waals surface area contributed by atoms with E-state index < -0.39 is 10.0 Å². The molecule has 25 heavy (non-hydrogen) atoms. The summed E-state index contributed by atoms with van der Waals surface area (Å²) >= 11 is 0. The molecule has 2 rings (SSSR count). The van der Waals surface area contributed by atoms with Gasteiger partial charge in [0, 0.05) is 45.8 Å². The van der Waals surface area contributed by atoms with Gasteiger partial charge in [-0.2, -0.15) is 0 Å². The van der Waals surface area contributed by atoms with E-state index in [0.717, 1.165) is 23.9 Å². The number of benzene rings is 1. The highest BCUT2D eigenvalue weighted by molar-refractivity contribution is 7.89. The molecule has 1 saturated heterocycles. The number of rotatable bonds is 6. The second-order valence-electron chi connectivity index (χ2n) is 7.27. The molecule has 1 aromatic rings. The van der Waals surface area contributed by atoms with Crippen LogP contribution in [0.3, 0.4) is 0 Å². The number of sulfonamides is 1. The van der Waals surface area contributed by atoms with Crippen molar-refractivity contribution in [3.05, 3.63) is 29.8 Å². The summed E-state index contributed by atoms with van der Waals surface area (Å²) in [5.41, 5.74) is 0.470. The minimum absolute atomic E-state index is 0.174. The van der Waals surface area contributed by atoms with Crippen molar-refractivity contribution in [2.75, 3.05) is 40.3 Å². The zero-order valence-corrected chi connectivity index (χ0v) is 16.3. The fourth-order valence-corrected chi connectivity index (χ4v) is 4.29. The predicted octanol–water partition coefficient (Wildman–Crippen LogP) is 1.64. The lowest BCUT2D eigenvalue weighted by Crippen LogP contribution is -2.42. The van der Waals surface area contributed by atoms with Crippen molar-refractivity contribution < 1.29 is 13.2 Å². The highest BCUT2D eigenvalue weighted by Crippen LogP contribution is 2.20. The smallest absolute Gasteiger partial charge is 0.251 e. The Bertz CT molecular complexity index is 676. The number of likely N-dealkylation sites (tertiary alicyclic amines) is 1. The van der Waals surface area contributed by atoms with Crippen LogP contribution in [0.1, 0.15) is 30.6 Å². The minimum atomic E-state index is -3.47. The lowest BCUT2D eigenvalue weighted by atomic mass is 9.92. The molecule has 0 aromatic heterocycles. The maximum atomic E-state index is 12.2. The fraction of sp³-hybridized carbons (Fsp3) is 0.611. The van der Waals surface area contributed by atoms with E-state index >= 15 is 0 Å². The van der Waals surface area contributed by atoms with Gasteiger partial charge in [0.05, 0.1) is 4.90 Å². The molecule has 1 fully saturated rings. The third-order valence-electron chi connectivity index (χ3n) is 4.55. The van der Waals surface area contributed by atoms with Gasteiger partial charge in [0.15, 0.2) is 0 Å². The number of piperidine rings is 1. The Morgan fingerprint density at radius 3 is 2.24 bits per heavy atom. The van der Waals surface area contributed by atoms with E-state index in [4.69, 9.17) is 0 Å². The average molecular weight is 368 g/mol. The van der Waals surface area contributed by atoms with E-state index in [-0.39, 0.29) is 10.8 Å². The van der Waals surface area contributed by atoms with Crippen LogP contribution in [0.25, 0.3) is 0 Å². The number of carbonyl (C=O) groups excluding carboxylic acids is 1. The maximum absolute atomic E-state index is 12.2. The maximum Gasteiger partial charge on any atom is 0.251 e. The number of nitrogens with zero attached hydrogens (tertiary/aromatic N) is 2. The van der Waals surface area contributed by atoms with Crippen molar-refractivity contribution in [2.24, 2.45) is 11.8 Å². The second kappa shape index (κ2) is 8.29. The summed E-state index contributed by atoms with van der Waals surface area (Å²) in [6.07, 6.45) is 1.27. The second-order valence-corrected chi connectivity index (χ2v) is 9.43. The molecule has 1 amide bonds. The van der Waals surface area contributed by atoms with Gasteiger partial charge in [-0.3, -0.25) is 4.79 Å². The SMILES string of the molecule is CC1CC(C)CN(CCNC(=O)c2ccc(S(=O)(=O)N(C)C)cc2)C1. The van der Waals surface area contributed by atoms with E-state index in [1.807, 2.05) is 0 Å². The molecular weight excluding hydrogens is 338 g/mol. The summed E-state index contributed by atoms with van der Waals surface area (Å²) in [4.78, 5) is 14.8. The molecular formula is C18H29N3O3S. The van der Waals surface area contributed by atoms with E-state index in [9.17, 15) is 13.2 Å². The Hall–Kier alpha value is -1.44. The van der Waals surface area contributed by atoms with Crippen LogP contribution < -0.4 is 5.32 Å². The Labute approximate surface area is 151 Å². The molecule has 2 unspecified atom stereocenters. The van der Waals surface area contributed by atoms with Crippen molar-refractivity contribution in [2.45, 2.75) is 25.2 Å². The van der Waals surface area contributed by atoms with Crippen LogP contribution in [0.2, 0.25) is 0 Å². The number of hydrogen-bond donors (Lipinski definition) is 1. The van der Waals surface area contributed by atoms with Crippen LogP contribution in [-0.2, 0) is 10.0 Å². The van der Waals surface area contributed by atoms with Crippen LogP contribution in [0.4, 0.5) is 0 Å². The Morgan fingerprint density at radius 1 is 1.16 bits per heavy atom. The molecule has 0 spiro atoms. The Morgan fingerprint density at radius 2 is 1.72 bits per heavy atom. The monoisotopic (exact) mass is 367 g/mol. The minimum Gasteiger partial charge on any atom is -0.351 e. The molecule has 2 atom stereocenters. The van der Waals surface area contributed by atoms with Crippen LogP contribution >= 0.6 is 0 Å². The lowest BCUT2D eigenvalue weighted by Gasteiger charge is -2.34. The average Bonchev–Trinajstić information content (AvgIpc) is 2.53. The summed E-state index contributed by atoms with van der Waals surface area (Å²) in [5, 5.41) is 2.92. The van der Waals surface area contributed by atoms with Gasteiger partial charge in [0.2, 0.25) is 10.0 Å². The number of nitrogens with one attached hydrogen (secondary N) is 1. The summed E-state index contributed by atoms with van der Waals surface area (Å²) < 4.78 is 25.2. The Kier molecular flexibility index (Phi) is 6.59. The first-order valence-corrected chi connectivity index (χ1v) is 10.2. The van der Waals surface area contributed by atoms with Crippen LogP contribution in [0.15, 0.2) is 29.2 Å². The molecule has 140 valence electrons. The molecule has 1 aliphatic rings. The number of carbonyl (C=O) groups is 1. The zero-order valence-electron chi connectivity index (χ0n) is 15.5. The summed E-state index contributed by atoms with van der Waals surface area (Å²) in [5.74, 6) is 1.23. The van der Waals surface area contributed by atoms with Crippen LogP contribution in [0.5, 0.6) is 0 Å². The summed E-state index contributed by atoms with van der Waals surface area (Å²) in [6.45, 7) is 8.13. The van der Waals surface area contributed by atoms with E-state index in [0.29, 0.717) is 23.9 Å². The predicted molar refractivity (Wildman–Crippen MR) is 99.0 cm³/mol. The topological polar surface area (TPSA) is 69.7 Å². The molecule has 6 nitrogen and oxygen atoms in total. The number of hydrogen-bond acceptors (Lipinski definition) is 4. The standard InChI is InChI=1S/C18H29N3O3S/c1-14-11-15(2)13-21(12-14)10-9-19-18(22)16-5-7-17(8-6-16)25(23,24)20(3)4/h5-8,14-15H,9-13H2,1-4H3,(H,19,22). The van der Waals surface area contributed by atoms with Gasteiger partial charge in [-0.05, 0) is 42.5 Å². The molecule has 1 heterocycles. The highest BCUT2D eigenvalue weighted by atomic mass is 32.2. The van der Waals surface area contributed by atoms with Gasteiger partial charge in [-0.1, -0.05) is 13.8 Å². The third-order valence-corrected chi connectivity index (χ3v) is 6.38. The first-order chi connectivity index (χ1) is 11.7. The fourth-order valence-electron chi connectivity index (χ4n) is 3.39. The van der Waals surface area contributed by atoms with Crippen molar-refractivity contribution in [3.63, 3.8) is 0 Å². The highest BCUT2D eigenvalue weighted by Gasteiger charge is 2.21. The summed E-state index contributed by atoms with van der Waals surface area (Å²) in [6, 6.07) is 6.05. The van der Waals surface area contributed by atoms with Gasteiger partial charge in [-0.25, -0.2) is 12.7 Å². The van der Waals surface area contributed by atoms with Gasteiger partial charge < -0.3 is 10.2 Å². The van der Waals surface area contributed by atoms with Crippen molar-refractivity contribution in [1.29, 1.82) is 0 Å². The molecule has 1 aliphatic heterocycles. The molecule has 0 saturated carbocycles. The Balaban J connectivity index is 1.87. The summed E-state index contributed by atoms with van der Waals surface area (Å²) in [7, 11) is -0.498. The molecule has 1 aromatic carbocycles. The lowest BCUT2D eigenvalue weighted by molar-refractivity contribution is 0.0936. The molecule has 0 bridgehead atoms. The van der Waals surface area contributed by atoms with Gasteiger partial charge >= 0.3 is 0 Å². The normalized spacial score (nSPS) is 22.1. The molecule has 7 heteroatoms. The van der Waals surface area contributed by atoms with E-state index in [1.165, 1.54) is 32.6 Å². The number of amides is 1. The zero-order chi connectivity index (χ0) is 18.6. The largest absolute Gasteiger partial charge is 0.351 e. The van der Waals surface area contributed by atoms with Crippen molar-refractivity contribution in [1.82, 2.24) is 14.5 Å². The molecule has 0 aliphatic carbocycles. The van der Waals surface area contributed by atoms with E-state index in [1.54, 1.807) is 12.1 Å². The third kappa shape index (κ3) is 5.26. The van der Waals surface area contributed by atoms with Crippen LogP contribution in [0, 0.1) is 11.8 Å². The van der Waals surface area contributed by atoms with Crippen molar-refractivity contribution >= 4 is 15.9 Å². The van der Waals surface area contributed by atoms with Gasteiger partial charge in [-0.15, -0.1) is 0 Å².